The lowest BCUT2D eigenvalue weighted by atomic mass is 10.1. The van der Waals surface area contributed by atoms with Crippen LogP contribution in [-0.2, 0) is 19.6 Å². The zero-order chi connectivity index (χ0) is 36.1. The van der Waals surface area contributed by atoms with Gasteiger partial charge in [0.05, 0.1) is 30.1 Å². The van der Waals surface area contributed by atoms with Gasteiger partial charge in [0.2, 0.25) is 15.9 Å². The molecule has 13 nitrogen and oxygen atoms in total. The number of allylic oxidation sites excluding steroid dienone is 1. The second-order valence-corrected chi connectivity index (χ2v) is 17.2. The van der Waals surface area contributed by atoms with Crippen LogP contribution < -0.4 is 19.5 Å². The first kappa shape index (κ1) is 35.2. The maximum absolute atomic E-state index is 14.2. The SMILES string of the molecule is COc1ccc2c(OC3CC4C(=O)NC5(C(=O)NS(=O)(=O)C6CC6)CC5/C=C/CCCCN(C)C(=O)N4C3)cc(-c3nc(C(C)C)cs3)nc2c1. The molecule has 2 aliphatic heterocycles. The number of hydrogen-bond donors (Lipinski definition) is 2. The molecule has 0 radical (unpaired) electrons. The number of benzene rings is 1. The number of thiazole rings is 1. The number of rotatable bonds is 8. The van der Waals surface area contributed by atoms with Gasteiger partial charge in [-0.2, -0.15) is 0 Å². The topological polar surface area (TPSA) is 160 Å². The Kier molecular flexibility index (Phi) is 9.46. The lowest BCUT2D eigenvalue weighted by Gasteiger charge is -2.30. The van der Waals surface area contributed by atoms with Crippen molar-refractivity contribution in [3.63, 3.8) is 0 Å². The monoisotopic (exact) mass is 736 g/mol. The number of amides is 4. The number of carbonyl (C=O) groups is 3. The molecular weight excluding hydrogens is 693 g/mol. The van der Waals surface area contributed by atoms with Crippen molar-refractivity contribution in [3.8, 4) is 22.2 Å². The molecule has 7 rings (SSSR count). The van der Waals surface area contributed by atoms with Crippen molar-refractivity contribution in [2.45, 2.75) is 87.6 Å². The Balaban J connectivity index is 1.19. The lowest BCUT2D eigenvalue weighted by molar-refractivity contribution is -0.131. The normalized spacial score (nSPS) is 26.3. The Hall–Kier alpha value is -4.24. The molecule has 4 atom stereocenters. The van der Waals surface area contributed by atoms with Gasteiger partial charge in [-0.1, -0.05) is 26.0 Å². The molecule has 2 aromatic heterocycles. The molecule has 272 valence electrons. The predicted molar refractivity (Wildman–Crippen MR) is 193 cm³/mol. The average molecular weight is 737 g/mol. The van der Waals surface area contributed by atoms with Crippen molar-refractivity contribution in [1.29, 1.82) is 0 Å². The first-order valence-corrected chi connectivity index (χ1v) is 20.0. The van der Waals surface area contributed by atoms with Crippen LogP contribution in [0.2, 0.25) is 0 Å². The summed E-state index contributed by atoms with van der Waals surface area (Å²) >= 11 is 1.50. The fraction of sp³-hybridized carbons (Fsp3) is 0.528. The van der Waals surface area contributed by atoms with Crippen molar-refractivity contribution in [2.24, 2.45) is 5.92 Å². The molecule has 15 heteroatoms. The number of carbonyl (C=O) groups excluding carboxylic acids is 3. The molecule has 3 fully saturated rings. The van der Waals surface area contributed by atoms with E-state index in [9.17, 15) is 22.8 Å². The van der Waals surface area contributed by atoms with Crippen molar-refractivity contribution in [1.82, 2.24) is 29.8 Å². The Bertz CT molecular complexity index is 1990. The highest BCUT2D eigenvalue weighted by Gasteiger charge is 2.62. The van der Waals surface area contributed by atoms with Gasteiger partial charge in [-0.05, 0) is 56.6 Å². The number of hydrogen-bond acceptors (Lipinski definition) is 10. The van der Waals surface area contributed by atoms with Crippen LogP contribution in [0.1, 0.15) is 70.4 Å². The second-order valence-electron chi connectivity index (χ2n) is 14.3. The number of nitrogens with zero attached hydrogens (tertiary/aromatic N) is 4. The molecule has 2 saturated carbocycles. The van der Waals surface area contributed by atoms with E-state index in [2.05, 4.69) is 23.9 Å². The summed E-state index contributed by atoms with van der Waals surface area (Å²) in [5.74, 6) is -0.201. The number of aromatic nitrogens is 2. The summed E-state index contributed by atoms with van der Waals surface area (Å²) < 4.78 is 39.9. The van der Waals surface area contributed by atoms with Gasteiger partial charge < -0.3 is 24.6 Å². The Morgan fingerprint density at radius 3 is 2.69 bits per heavy atom. The molecule has 3 aromatic rings. The minimum Gasteiger partial charge on any atom is -0.497 e. The molecule has 2 aliphatic carbocycles. The zero-order valence-corrected chi connectivity index (χ0v) is 30.9. The van der Waals surface area contributed by atoms with Gasteiger partial charge in [0.25, 0.3) is 5.91 Å². The largest absolute Gasteiger partial charge is 0.497 e. The fourth-order valence-corrected chi connectivity index (χ4v) is 9.16. The van der Waals surface area contributed by atoms with E-state index in [1.165, 1.54) is 16.2 Å². The number of fused-ring (bicyclic) bond motifs is 3. The van der Waals surface area contributed by atoms with Crippen molar-refractivity contribution < 1.29 is 32.3 Å². The number of pyridine rings is 1. The van der Waals surface area contributed by atoms with E-state index in [0.717, 1.165) is 35.4 Å². The summed E-state index contributed by atoms with van der Waals surface area (Å²) in [6.07, 6.45) is 7.06. The summed E-state index contributed by atoms with van der Waals surface area (Å²) in [7, 11) is -0.523. The molecule has 1 saturated heterocycles. The molecule has 0 bridgehead atoms. The Labute approximate surface area is 301 Å². The maximum Gasteiger partial charge on any atom is 0.320 e. The molecule has 4 aliphatic rings. The van der Waals surface area contributed by atoms with E-state index in [1.807, 2.05) is 41.8 Å². The van der Waals surface area contributed by atoms with Crippen LogP contribution in [0, 0.1) is 5.92 Å². The summed E-state index contributed by atoms with van der Waals surface area (Å²) in [6.45, 7) is 4.82. The first-order chi connectivity index (χ1) is 24.4. The molecule has 1 aromatic carbocycles. The minimum absolute atomic E-state index is 0.129. The van der Waals surface area contributed by atoms with Gasteiger partial charge in [-0.3, -0.25) is 14.3 Å². The summed E-state index contributed by atoms with van der Waals surface area (Å²) in [6, 6.07) is 6.11. The van der Waals surface area contributed by atoms with Crippen LogP contribution in [0.5, 0.6) is 11.5 Å². The number of methoxy groups -OCH3 is 1. The molecule has 0 spiro atoms. The molecule has 2 N–H and O–H groups in total. The van der Waals surface area contributed by atoms with Crippen molar-refractivity contribution in [3.05, 3.63) is 47.5 Å². The molecule has 4 amide bonds. The minimum atomic E-state index is -3.83. The smallest absolute Gasteiger partial charge is 0.320 e. The van der Waals surface area contributed by atoms with E-state index in [1.54, 1.807) is 19.1 Å². The molecular formula is C36H44N6O7S2. The standard InChI is InChI=1S/C36H44N6O7S2/c1-21(2)29-20-50-33(38-29)28-17-31(26-13-10-23(48-4)15-27(26)37-28)49-24-16-30-32(43)39-36(34(44)40-51(46,47)25-11-12-25)18-22(36)9-7-5-6-8-14-41(3)35(45)42(30)19-24/h7,9-10,13,15,17,20-22,24-25,30H,5-6,8,11-12,14,16,18-19H2,1-4H3,(H,39,43)(H,40,44)/b9-7+. The summed E-state index contributed by atoms with van der Waals surface area (Å²) in [5, 5.41) is 5.83. The second kappa shape index (κ2) is 13.7. The van der Waals surface area contributed by atoms with E-state index in [-0.39, 0.29) is 37.3 Å². The Morgan fingerprint density at radius 2 is 1.96 bits per heavy atom. The van der Waals surface area contributed by atoms with Gasteiger partial charge in [0, 0.05) is 48.8 Å². The fourth-order valence-electron chi connectivity index (χ4n) is 6.86. The van der Waals surface area contributed by atoms with E-state index in [4.69, 9.17) is 19.4 Å². The highest BCUT2D eigenvalue weighted by molar-refractivity contribution is 7.91. The van der Waals surface area contributed by atoms with Crippen LogP contribution in [0.3, 0.4) is 0 Å². The van der Waals surface area contributed by atoms with Crippen LogP contribution in [-0.4, -0.2) is 96.2 Å². The summed E-state index contributed by atoms with van der Waals surface area (Å²) in [5.41, 5.74) is 0.829. The maximum atomic E-state index is 14.2. The van der Waals surface area contributed by atoms with E-state index >= 15 is 0 Å². The van der Waals surface area contributed by atoms with Crippen molar-refractivity contribution >= 4 is 50.1 Å². The number of urea groups is 1. The molecule has 4 heterocycles. The van der Waals surface area contributed by atoms with E-state index in [0.29, 0.717) is 42.1 Å². The third kappa shape index (κ3) is 7.14. The Morgan fingerprint density at radius 1 is 1.16 bits per heavy atom. The lowest BCUT2D eigenvalue weighted by Crippen LogP contribution is -2.57. The van der Waals surface area contributed by atoms with Gasteiger partial charge in [-0.25, -0.2) is 23.2 Å². The third-order valence-electron chi connectivity index (χ3n) is 10.2. The highest BCUT2D eigenvalue weighted by atomic mass is 32.2. The molecule has 51 heavy (non-hydrogen) atoms. The quantitative estimate of drug-likeness (QED) is 0.316. The van der Waals surface area contributed by atoms with Gasteiger partial charge in [-0.15, -0.1) is 11.3 Å². The highest BCUT2D eigenvalue weighted by Crippen LogP contribution is 2.46. The average Bonchev–Trinajstić information content (AvgIpc) is 3.98. The predicted octanol–water partition coefficient (Wildman–Crippen LogP) is 4.59. The van der Waals surface area contributed by atoms with Crippen LogP contribution >= 0.6 is 11.3 Å². The van der Waals surface area contributed by atoms with Crippen LogP contribution in [0.25, 0.3) is 21.6 Å². The first-order valence-electron chi connectivity index (χ1n) is 17.6. The van der Waals surface area contributed by atoms with Crippen LogP contribution in [0.15, 0.2) is 41.8 Å². The third-order valence-corrected chi connectivity index (χ3v) is 12.9. The number of sulfonamides is 1. The number of nitrogens with one attached hydrogen (secondary N) is 2. The van der Waals surface area contributed by atoms with Gasteiger partial charge >= 0.3 is 6.03 Å². The van der Waals surface area contributed by atoms with Gasteiger partial charge in [0.1, 0.15) is 39.9 Å². The summed E-state index contributed by atoms with van der Waals surface area (Å²) in [4.78, 5) is 54.5. The molecule has 4 unspecified atom stereocenters. The van der Waals surface area contributed by atoms with Gasteiger partial charge in [0.15, 0.2) is 0 Å². The van der Waals surface area contributed by atoms with Crippen molar-refractivity contribution in [2.75, 3.05) is 27.2 Å². The van der Waals surface area contributed by atoms with Crippen LogP contribution in [0.4, 0.5) is 4.79 Å². The zero-order valence-electron chi connectivity index (χ0n) is 29.3. The number of ether oxygens (including phenoxy) is 2. The van der Waals surface area contributed by atoms with E-state index < -0.39 is 44.8 Å².